The maximum Gasteiger partial charge on any atom is 0.261 e. The van der Waals surface area contributed by atoms with E-state index in [9.17, 15) is 4.39 Å². The van der Waals surface area contributed by atoms with E-state index in [0.29, 0.717) is 17.3 Å². The molecule has 5 nitrogen and oxygen atoms in total. The molecule has 0 saturated carbocycles. The summed E-state index contributed by atoms with van der Waals surface area (Å²) in [5, 5.41) is 3.84. The summed E-state index contributed by atoms with van der Waals surface area (Å²) in [5.74, 6) is 0.381. The number of halogens is 1. The van der Waals surface area contributed by atoms with Crippen molar-refractivity contribution in [2.24, 2.45) is 0 Å². The topological polar surface area (TPSA) is 61.0 Å². The number of hydrogen-bond donors (Lipinski definition) is 0. The van der Waals surface area contributed by atoms with Crippen LogP contribution < -0.4 is 4.74 Å². The van der Waals surface area contributed by atoms with Crippen molar-refractivity contribution in [2.45, 2.75) is 0 Å². The molecular weight excluding hydrogens is 261 g/mol. The lowest BCUT2D eigenvalue weighted by Gasteiger charge is -2.01. The van der Waals surface area contributed by atoms with Gasteiger partial charge in [-0.2, -0.15) is 4.98 Å². The molecule has 0 N–H and O–H groups in total. The first-order chi connectivity index (χ1) is 9.79. The quantitative estimate of drug-likeness (QED) is 0.733. The summed E-state index contributed by atoms with van der Waals surface area (Å²) in [4.78, 5) is 8.24. The molecule has 0 atom stereocenters. The highest BCUT2D eigenvalue weighted by molar-refractivity contribution is 5.63. The van der Waals surface area contributed by atoms with E-state index in [-0.39, 0.29) is 11.5 Å². The van der Waals surface area contributed by atoms with Crippen LogP contribution in [0.15, 0.2) is 47.1 Å². The molecule has 0 aliphatic carbocycles. The van der Waals surface area contributed by atoms with Crippen molar-refractivity contribution < 1.29 is 13.7 Å². The molecule has 2 heterocycles. The zero-order valence-corrected chi connectivity index (χ0v) is 10.6. The summed E-state index contributed by atoms with van der Waals surface area (Å²) in [6.45, 7) is 0. The molecule has 6 heteroatoms. The summed E-state index contributed by atoms with van der Waals surface area (Å²) in [5.41, 5.74) is 0.843. The molecule has 0 aliphatic heterocycles. The normalized spacial score (nSPS) is 10.5. The summed E-state index contributed by atoms with van der Waals surface area (Å²) >= 11 is 0. The van der Waals surface area contributed by atoms with Gasteiger partial charge >= 0.3 is 0 Å². The molecule has 0 radical (unpaired) electrons. The summed E-state index contributed by atoms with van der Waals surface area (Å²) in [6, 6.07) is 9.70. The zero-order chi connectivity index (χ0) is 13.9. The summed E-state index contributed by atoms with van der Waals surface area (Å²) < 4.78 is 23.9. The first-order valence-corrected chi connectivity index (χ1v) is 5.87. The lowest BCUT2D eigenvalue weighted by atomic mass is 10.2. The molecule has 0 aliphatic rings. The molecule has 3 rings (SSSR count). The van der Waals surface area contributed by atoms with Crippen molar-refractivity contribution in [3.63, 3.8) is 0 Å². The van der Waals surface area contributed by atoms with E-state index in [1.54, 1.807) is 36.5 Å². The molecule has 0 unspecified atom stereocenters. The maximum absolute atomic E-state index is 13.7. The van der Waals surface area contributed by atoms with Crippen LogP contribution >= 0.6 is 0 Å². The van der Waals surface area contributed by atoms with Gasteiger partial charge in [0.2, 0.25) is 11.7 Å². The van der Waals surface area contributed by atoms with Gasteiger partial charge in [-0.1, -0.05) is 17.3 Å². The van der Waals surface area contributed by atoms with Gasteiger partial charge in [0.1, 0.15) is 5.82 Å². The van der Waals surface area contributed by atoms with E-state index in [4.69, 9.17) is 9.26 Å². The highest BCUT2D eigenvalue weighted by Crippen LogP contribution is 2.28. The third kappa shape index (κ3) is 2.11. The standard InChI is InChI=1S/C14H10FN3O2/c1-19-13-10(6-4-8-16-13)12-17-14(20-18-12)9-5-2-3-7-11(9)15/h2-8H,1H3. The lowest BCUT2D eigenvalue weighted by Crippen LogP contribution is -1.92. The van der Waals surface area contributed by atoms with Gasteiger partial charge in [-0.3, -0.25) is 0 Å². The second kappa shape index (κ2) is 5.08. The fraction of sp³-hybridized carbons (Fsp3) is 0.0714. The number of benzene rings is 1. The van der Waals surface area contributed by atoms with Crippen molar-refractivity contribution in [3.05, 3.63) is 48.4 Å². The van der Waals surface area contributed by atoms with Crippen LogP contribution in [0.5, 0.6) is 5.88 Å². The Hall–Kier alpha value is -2.76. The largest absolute Gasteiger partial charge is 0.480 e. The Labute approximate surface area is 114 Å². The zero-order valence-electron chi connectivity index (χ0n) is 10.6. The number of nitrogens with zero attached hydrogens (tertiary/aromatic N) is 3. The second-order valence-corrected chi connectivity index (χ2v) is 3.96. The number of hydrogen-bond acceptors (Lipinski definition) is 5. The number of ether oxygens (including phenoxy) is 1. The van der Waals surface area contributed by atoms with Gasteiger partial charge in [0.05, 0.1) is 18.2 Å². The molecular formula is C14H10FN3O2. The van der Waals surface area contributed by atoms with Gasteiger partial charge < -0.3 is 9.26 Å². The van der Waals surface area contributed by atoms with Crippen molar-refractivity contribution in [3.8, 4) is 28.7 Å². The molecule has 3 aromatic rings. The number of rotatable bonds is 3. The molecule has 0 amide bonds. The first kappa shape index (κ1) is 12.3. The Morgan fingerprint density at radius 1 is 1.10 bits per heavy atom. The van der Waals surface area contributed by atoms with Crippen molar-refractivity contribution in [1.82, 2.24) is 15.1 Å². The fourth-order valence-corrected chi connectivity index (χ4v) is 1.80. The van der Waals surface area contributed by atoms with Crippen LogP contribution in [0.25, 0.3) is 22.8 Å². The minimum atomic E-state index is -0.416. The predicted octanol–water partition coefficient (Wildman–Crippen LogP) is 2.95. The smallest absolute Gasteiger partial charge is 0.261 e. The average Bonchev–Trinajstić information content (AvgIpc) is 2.97. The van der Waals surface area contributed by atoms with Crippen LogP contribution in [0, 0.1) is 5.82 Å². The van der Waals surface area contributed by atoms with Crippen molar-refractivity contribution in [1.29, 1.82) is 0 Å². The van der Waals surface area contributed by atoms with Crippen LogP contribution in [0.3, 0.4) is 0 Å². The van der Waals surface area contributed by atoms with Crippen LogP contribution in [-0.2, 0) is 0 Å². The number of methoxy groups -OCH3 is 1. The fourth-order valence-electron chi connectivity index (χ4n) is 1.80. The molecule has 0 spiro atoms. The second-order valence-electron chi connectivity index (χ2n) is 3.96. The molecule has 20 heavy (non-hydrogen) atoms. The van der Waals surface area contributed by atoms with Gasteiger partial charge in [-0.15, -0.1) is 0 Å². The molecule has 100 valence electrons. The van der Waals surface area contributed by atoms with E-state index in [0.717, 1.165) is 0 Å². The first-order valence-electron chi connectivity index (χ1n) is 5.87. The highest BCUT2D eigenvalue weighted by Gasteiger charge is 2.16. The minimum absolute atomic E-state index is 0.115. The van der Waals surface area contributed by atoms with Crippen LogP contribution in [0.2, 0.25) is 0 Å². The molecule has 0 fully saturated rings. The van der Waals surface area contributed by atoms with Gasteiger partial charge in [-0.25, -0.2) is 9.37 Å². The third-order valence-electron chi connectivity index (χ3n) is 2.74. The number of aromatic nitrogens is 3. The Kier molecular flexibility index (Phi) is 3.12. The van der Waals surface area contributed by atoms with Gasteiger partial charge in [0, 0.05) is 6.20 Å². The minimum Gasteiger partial charge on any atom is -0.480 e. The van der Waals surface area contributed by atoms with E-state index < -0.39 is 5.82 Å². The Morgan fingerprint density at radius 3 is 2.70 bits per heavy atom. The van der Waals surface area contributed by atoms with E-state index in [1.807, 2.05) is 0 Å². The van der Waals surface area contributed by atoms with E-state index >= 15 is 0 Å². The summed E-state index contributed by atoms with van der Waals surface area (Å²) in [7, 11) is 1.50. The third-order valence-corrected chi connectivity index (χ3v) is 2.74. The lowest BCUT2D eigenvalue weighted by molar-refractivity contribution is 0.398. The van der Waals surface area contributed by atoms with Crippen LogP contribution in [-0.4, -0.2) is 22.2 Å². The molecule has 2 aromatic heterocycles. The predicted molar refractivity (Wildman–Crippen MR) is 69.5 cm³/mol. The van der Waals surface area contributed by atoms with Crippen LogP contribution in [0.4, 0.5) is 4.39 Å². The highest BCUT2D eigenvalue weighted by atomic mass is 19.1. The van der Waals surface area contributed by atoms with E-state index in [2.05, 4.69) is 15.1 Å². The van der Waals surface area contributed by atoms with E-state index in [1.165, 1.54) is 13.2 Å². The van der Waals surface area contributed by atoms with Crippen molar-refractivity contribution >= 4 is 0 Å². The summed E-state index contributed by atoms with van der Waals surface area (Å²) in [6.07, 6.45) is 1.60. The number of pyridine rings is 1. The van der Waals surface area contributed by atoms with Crippen LogP contribution in [0.1, 0.15) is 0 Å². The Morgan fingerprint density at radius 2 is 1.90 bits per heavy atom. The average molecular weight is 271 g/mol. The monoisotopic (exact) mass is 271 g/mol. The van der Waals surface area contributed by atoms with Gasteiger partial charge in [0.25, 0.3) is 5.89 Å². The SMILES string of the molecule is COc1ncccc1-c1noc(-c2ccccc2F)n1. The van der Waals surface area contributed by atoms with Gasteiger partial charge in [-0.05, 0) is 24.3 Å². The molecule has 1 aromatic carbocycles. The Balaban J connectivity index is 2.05. The molecule has 0 bridgehead atoms. The maximum atomic E-state index is 13.7. The van der Waals surface area contributed by atoms with Gasteiger partial charge in [0.15, 0.2) is 0 Å². The van der Waals surface area contributed by atoms with Crippen molar-refractivity contribution in [2.75, 3.05) is 7.11 Å². The molecule has 0 saturated heterocycles. The Bertz CT molecular complexity index is 743.